The first-order chi connectivity index (χ1) is 14.4. The van der Waals surface area contributed by atoms with E-state index in [2.05, 4.69) is 15.1 Å². The van der Waals surface area contributed by atoms with Gasteiger partial charge in [-0.05, 0) is 44.0 Å². The van der Waals surface area contributed by atoms with Crippen LogP contribution < -0.4 is 10.5 Å². The number of nitrogens with one attached hydrogen (secondary N) is 1. The van der Waals surface area contributed by atoms with Gasteiger partial charge in [-0.1, -0.05) is 23.2 Å². The summed E-state index contributed by atoms with van der Waals surface area (Å²) in [6.07, 6.45) is 5.20. The molecule has 1 N–H and O–H groups in total. The van der Waals surface area contributed by atoms with E-state index >= 15 is 0 Å². The molecule has 1 aromatic carbocycles. The summed E-state index contributed by atoms with van der Waals surface area (Å²) in [5, 5.41) is 4.48. The molecule has 1 saturated carbocycles. The van der Waals surface area contributed by atoms with E-state index in [9.17, 15) is 9.18 Å². The van der Waals surface area contributed by atoms with Crippen molar-refractivity contribution >= 4 is 34.4 Å². The molecule has 1 aliphatic carbocycles. The van der Waals surface area contributed by atoms with Crippen molar-refractivity contribution in [3.8, 4) is 11.3 Å². The molecule has 154 valence electrons. The van der Waals surface area contributed by atoms with Crippen LogP contribution in [0, 0.1) is 5.82 Å². The van der Waals surface area contributed by atoms with Crippen LogP contribution in [-0.4, -0.2) is 24.5 Å². The molecule has 30 heavy (non-hydrogen) atoms. The van der Waals surface area contributed by atoms with Gasteiger partial charge in [0.25, 0.3) is 0 Å². The third-order valence-electron chi connectivity index (χ3n) is 5.07. The molecule has 1 aliphatic rings. The zero-order valence-corrected chi connectivity index (χ0v) is 17.3. The molecule has 0 amide bonds. The first kappa shape index (κ1) is 19.1. The molecule has 3 heterocycles. The third-order valence-corrected chi connectivity index (χ3v) is 5.78. The van der Waals surface area contributed by atoms with Crippen LogP contribution in [0.25, 0.3) is 22.4 Å². The second-order valence-corrected chi connectivity index (χ2v) is 8.02. The fourth-order valence-electron chi connectivity index (χ4n) is 3.37. The van der Waals surface area contributed by atoms with Gasteiger partial charge in [0.05, 0.1) is 23.0 Å². The molecule has 1 atom stereocenters. The summed E-state index contributed by atoms with van der Waals surface area (Å²) in [5.41, 5.74) is 2.10. The monoisotopic (exact) mass is 447 g/mol. The smallest absolute Gasteiger partial charge is 0.360 e. The fourth-order valence-corrected chi connectivity index (χ4v) is 4.05. The minimum atomic E-state index is -0.783. The van der Waals surface area contributed by atoms with Crippen molar-refractivity contribution in [3.63, 3.8) is 0 Å². The molecular formula is C20H16Cl2FN5O2. The number of rotatable bonds is 5. The van der Waals surface area contributed by atoms with Crippen LogP contribution in [0.1, 0.15) is 37.5 Å². The molecule has 4 aromatic rings. The first-order valence-electron chi connectivity index (χ1n) is 9.39. The summed E-state index contributed by atoms with van der Waals surface area (Å²) in [4.78, 5) is 25.5. The maximum atomic E-state index is 13.9. The highest BCUT2D eigenvalue weighted by Crippen LogP contribution is 2.35. The van der Waals surface area contributed by atoms with Gasteiger partial charge in [-0.3, -0.25) is 9.67 Å². The van der Waals surface area contributed by atoms with Crippen molar-refractivity contribution in [1.29, 1.82) is 0 Å². The minimum Gasteiger partial charge on any atom is -0.401 e. The van der Waals surface area contributed by atoms with E-state index in [1.54, 1.807) is 25.3 Å². The van der Waals surface area contributed by atoms with Crippen molar-refractivity contribution < 1.29 is 9.23 Å². The van der Waals surface area contributed by atoms with E-state index in [-0.39, 0.29) is 15.6 Å². The molecule has 0 spiro atoms. The predicted molar refractivity (Wildman–Crippen MR) is 111 cm³/mol. The van der Waals surface area contributed by atoms with Gasteiger partial charge in [0, 0.05) is 22.3 Å². The number of benzene rings is 1. The molecule has 1 fully saturated rings. The Morgan fingerprint density at radius 2 is 2.07 bits per heavy atom. The molecule has 1 unspecified atom stereocenters. The van der Waals surface area contributed by atoms with Gasteiger partial charge >= 0.3 is 5.69 Å². The van der Waals surface area contributed by atoms with Crippen LogP contribution in [0.3, 0.4) is 0 Å². The zero-order valence-electron chi connectivity index (χ0n) is 15.8. The van der Waals surface area contributed by atoms with E-state index in [1.165, 1.54) is 12.1 Å². The summed E-state index contributed by atoms with van der Waals surface area (Å²) < 4.78 is 16.9. The van der Waals surface area contributed by atoms with Crippen molar-refractivity contribution in [3.05, 3.63) is 68.6 Å². The topological polar surface area (TPSA) is 77.7 Å². The van der Waals surface area contributed by atoms with Gasteiger partial charge in [0.2, 0.25) is 0 Å². The molecule has 7 nitrogen and oxygen atoms in total. The van der Waals surface area contributed by atoms with Crippen LogP contribution in [0.5, 0.6) is 0 Å². The number of pyridine rings is 1. The number of fused-ring (bicyclic) bond motifs is 1. The Kier molecular flexibility index (Phi) is 4.56. The highest BCUT2D eigenvalue weighted by molar-refractivity contribution is 6.36. The first-order valence-corrected chi connectivity index (χ1v) is 10.1. The predicted octanol–water partition coefficient (Wildman–Crippen LogP) is 4.56. The Morgan fingerprint density at radius 1 is 1.27 bits per heavy atom. The molecule has 10 heteroatoms. The van der Waals surface area contributed by atoms with Crippen LogP contribution in [-0.2, 0) is 0 Å². The van der Waals surface area contributed by atoms with E-state index in [4.69, 9.17) is 28.0 Å². The SMILES string of the molecule is CC(On1c(=O)[nH]c2nc(-c3cnn(C4CC4)c3)ccc21)c1c(Cl)ccc(F)c1Cl. The highest BCUT2D eigenvalue weighted by Gasteiger charge is 2.25. The normalized spacial score (nSPS) is 14.9. The molecule has 5 rings (SSSR count). The molecule has 0 saturated heterocycles. The number of aromatic amines is 1. The molecule has 0 radical (unpaired) electrons. The number of hydrogen-bond donors (Lipinski definition) is 1. The number of H-pyrrole nitrogens is 1. The summed E-state index contributed by atoms with van der Waals surface area (Å²) in [6.45, 7) is 1.63. The number of imidazole rings is 1. The van der Waals surface area contributed by atoms with Gasteiger partial charge in [-0.2, -0.15) is 5.10 Å². The Balaban J connectivity index is 1.48. The lowest BCUT2D eigenvalue weighted by Crippen LogP contribution is -2.26. The van der Waals surface area contributed by atoms with Crippen LogP contribution >= 0.6 is 23.2 Å². The van der Waals surface area contributed by atoms with Crippen LogP contribution in [0.2, 0.25) is 10.0 Å². The third kappa shape index (κ3) is 3.26. The van der Waals surface area contributed by atoms with Gasteiger partial charge in [-0.15, -0.1) is 4.73 Å². The minimum absolute atomic E-state index is 0.143. The Morgan fingerprint density at radius 3 is 2.83 bits per heavy atom. The largest absolute Gasteiger partial charge is 0.401 e. The van der Waals surface area contributed by atoms with E-state index in [0.29, 0.717) is 22.9 Å². The Labute approximate surface area is 180 Å². The molecule has 0 bridgehead atoms. The quantitative estimate of drug-likeness (QED) is 0.454. The second-order valence-electron chi connectivity index (χ2n) is 7.23. The zero-order chi connectivity index (χ0) is 21.0. The summed E-state index contributed by atoms with van der Waals surface area (Å²) in [6, 6.07) is 6.56. The van der Waals surface area contributed by atoms with E-state index in [0.717, 1.165) is 23.1 Å². The standard InChI is InChI=1S/C20H16Cl2FN5O2/c1-10(17-13(21)4-5-14(23)18(17)22)30-28-16-7-6-15(25-19(16)26-20(28)29)11-8-24-27(9-11)12-2-3-12/h4-10,12H,2-3H2,1H3,(H,25,26,29). The number of nitrogens with zero attached hydrogens (tertiary/aromatic N) is 4. The lowest BCUT2D eigenvalue weighted by atomic mass is 10.1. The Hall–Kier alpha value is -2.84. The summed E-state index contributed by atoms with van der Waals surface area (Å²) >= 11 is 12.2. The Bertz CT molecular complexity index is 1320. The van der Waals surface area contributed by atoms with Crippen molar-refractivity contribution in [2.45, 2.75) is 31.9 Å². The summed E-state index contributed by atoms with van der Waals surface area (Å²) in [5.74, 6) is -0.615. The molecule has 0 aliphatic heterocycles. The number of aromatic nitrogens is 5. The summed E-state index contributed by atoms with van der Waals surface area (Å²) in [7, 11) is 0. The fraction of sp³-hybridized carbons (Fsp3) is 0.250. The van der Waals surface area contributed by atoms with Crippen molar-refractivity contribution in [1.82, 2.24) is 24.5 Å². The highest BCUT2D eigenvalue weighted by atomic mass is 35.5. The number of hydrogen-bond acceptors (Lipinski definition) is 4. The van der Waals surface area contributed by atoms with Crippen LogP contribution in [0.4, 0.5) is 4.39 Å². The number of halogens is 3. The van der Waals surface area contributed by atoms with Gasteiger partial charge in [0.1, 0.15) is 11.3 Å². The van der Waals surface area contributed by atoms with Crippen molar-refractivity contribution in [2.24, 2.45) is 0 Å². The lowest BCUT2D eigenvalue weighted by Gasteiger charge is -2.17. The van der Waals surface area contributed by atoms with Gasteiger partial charge in [0.15, 0.2) is 11.8 Å². The van der Waals surface area contributed by atoms with Crippen molar-refractivity contribution in [2.75, 3.05) is 0 Å². The molecule has 3 aromatic heterocycles. The van der Waals surface area contributed by atoms with Gasteiger partial charge in [-0.25, -0.2) is 14.2 Å². The van der Waals surface area contributed by atoms with Gasteiger partial charge < -0.3 is 4.84 Å². The maximum absolute atomic E-state index is 13.9. The average Bonchev–Trinajstić information content (AvgIpc) is 3.37. The maximum Gasteiger partial charge on any atom is 0.360 e. The van der Waals surface area contributed by atoms with E-state index < -0.39 is 17.6 Å². The second kappa shape index (κ2) is 7.14. The van der Waals surface area contributed by atoms with E-state index in [1.807, 2.05) is 10.9 Å². The molecular weight excluding hydrogens is 432 g/mol. The lowest BCUT2D eigenvalue weighted by molar-refractivity contribution is 0.0492. The average molecular weight is 448 g/mol. The van der Waals surface area contributed by atoms with Crippen LogP contribution in [0.15, 0.2) is 41.5 Å².